The summed E-state index contributed by atoms with van der Waals surface area (Å²) in [5.41, 5.74) is 0. The molecule has 2 rings (SSSR count). The monoisotopic (exact) mass is 436 g/mol. The van der Waals surface area contributed by atoms with Gasteiger partial charge in [0.05, 0.1) is 31.1 Å². The third kappa shape index (κ3) is 5.48. The molecule has 7 atom stereocenters. The summed E-state index contributed by atoms with van der Waals surface area (Å²) >= 11 is 0. The predicted octanol–water partition coefficient (Wildman–Crippen LogP) is 2.53. The summed E-state index contributed by atoms with van der Waals surface area (Å²) in [7, 11) is 0. The lowest BCUT2D eigenvalue weighted by atomic mass is 9.70. The molecule has 0 aromatic carbocycles. The van der Waals surface area contributed by atoms with Gasteiger partial charge in [-0.1, -0.05) is 46.3 Å². The molecule has 0 aromatic heterocycles. The van der Waals surface area contributed by atoms with Gasteiger partial charge in [-0.3, -0.25) is 14.4 Å². The van der Waals surface area contributed by atoms with E-state index in [1.165, 1.54) is 0 Å². The quantitative estimate of drug-likeness (QED) is 0.405. The van der Waals surface area contributed by atoms with Gasteiger partial charge in [0.1, 0.15) is 6.04 Å². The Labute approximate surface area is 186 Å². The number of ether oxygens (including phenoxy) is 1. The summed E-state index contributed by atoms with van der Waals surface area (Å²) in [6.07, 6.45) is 6.20. The summed E-state index contributed by atoms with van der Waals surface area (Å²) < 4.78 is 5.29. The maximum Gasteiger partial charge on any atom is 0.310 e. The molecular formula is C24H40N2O5. The molecular weight excluding hydrogens is 396 g/mol. The molecule has 0 aromatic rings. The number of nitrogens with zero attached hydrogens (tertiary/aromatic N) is 1. The van der Waals surface area contributed by atoms with E-state index in [4.69, 9.17) is 4.74 Å². The fourth-order valence-corrected chi connectivity index (χ4v) is 5.19. The third-order valence-electron chi connectivity index (χ3n) is 6.49. The number of carbonyl (C=O) groups excluding carboxylic acids is 3. The molecule has 31 heavy (non-hydrogen) atoms. The van der Waals surface area contributed by atoms with E-state index in [0.29, 0.717) is 6.42 Å². The van der Waals surface area contributed by atoms with Crippen LogP contribution in [0.2, 0.25) is 0 Å². The minimum absolute atomic E-state index is 0.0153. The van der Waals surface area contributed by atoms with Gasteiger partial charge in [0.15, 0.2) is 0 Å². The van der Waals surface area contributed by atoms with Crippen molar-refractivity contribution in [2.45, 2.75) is 78.9 Å². The van der Waals surface area contributed by atoms with E-state index in [1.54, 1.807) is 11.8 Å². The number of allylic oxidation sites excluding steroid dienone is 1. The van der Waals surface area contributed by atoms with E-state index in [-0.39, 0.29) is 42.9 Å². The molecule has 1 aliphatic heterocycles. The van der Waals surface area contributed by atoms with Gasteiger partial charge >= 0.3 is 5.97 Å². The number of hydrogen-bond acceptors (Lipinski definition) is 5. The molecule has 7 heteroatoms. The zero-order valence-electron chi connectivity index (χ0n) is 19.8. The number of carbonyl (C=O) groups is 3. The minimum Gasteiger partial charge on any atom is -0.466 e. The van der Waals surface area contributed by atoms with E-state index in [0.717, 1.165) is 12.8 Å². The number of nitrogens with one attached hydrogen (secondary N) is 1. The summed E-state index contributed by atoms with van der Waals surface area (Å²) in [6.45, 7) is 11.7. The van der Waals surface area contributed by atoms with Gasteiger partial charge in [0, 0.05) is 12.0 Å². The third-order valence-corrected chi connectivity index (χ3v) is 6.49. The van der Waals surface area contributed by atoms with Gasteiger partial charge in [-0.15, -0.1) is 0 Å². The molecule has 2 amide bonds. The second kappa shape index (κ2) is 11.1. The van der Waals surface area contributed by atoms with Crippen LogP contribution in [-0.4, -0.2) is 59.1 Å². The number of hydrogen-bond donors (Lipinski definition) is 2. The van der Waals surface area contributed by atoms with Crippen LogP contribution in [0.25, 0.3) is 0 Å². The van der Waals surface area contributed by atoms with Crippen molar-refractivity contribution in [3.8, 4) is 0 Å². The normalized spacial score (nSPS) is 29.6. The molecule has 0 bridgehead atoms. The molecule has 1 aliphatic carbocycles. The molecule has 1 unspecified atom stereocenters. The Kier molecular flexibility index (Phi) is 9.10. The van der Waals surface area contributed by atoms with Crippen LogP contribution in [0.15, 0.2) is 12.2 Å². The van der Waals surface area contributed by atoms with Crippen LogP contribution in [0, 0.1) is 29.6 Å². The summed E-state index contributed by atoms with van der Waals surface area (Å²) in [4.78, 5) is 41.5. The molecule has 2 N–H and O–H groups in total. The standard InChI is InChI=1S/C24H40N2O5/c1-7-9-16(6)25-22(28)21-18-11-10-15(5)19(24(30)31-8-2)20(18)23(29)26(21)17(13-27)12-14(3)4/h10-11,14-21,27H,7-9,12-13H2,1-6H3,(H,25,28)/t15-,16?,17-,18+,19-,20+,21+/m1/s1. The van der Waals surface area contributed by atoms with Gasteiger partial charge in [0.2, 0.25) is 11.8 Å². The fraction of sp³-hybridized carbons (Fsp3) is 0.792. The Morgan fingerprint density at radius 3 is 2.45 bits per heavy atom. The number of rotatable bonds is 10. The van der Waals surface area contributed by atoms with E-state index in [1.807, 2.05) is 39.8 Å². The lowest BCUT2D eigenvalue weighted by molar-refractivity contribution is -0.156. The van der Waals surface area contributed by atoms with Crippen molar-refractivity contribution >= 4 is 17.8 Å². The average Bonchev–Trinajstić information content (AvgIpc) is 2.98. The lowest BCUT2D eigenvalue weighted by Crippen LogP contribution is -2.54. The first-order valence-corrected chi connectivity index (χ1v) is 11.8. The van der Waals surface area contributed by atoms with Gasteiger partial charge in [-0.2, -0.15) is 0 Å². The van der Waals surface area contributed by atoms with Crippen LogP contribution in [0.5, 0.6) is 0 Å². The van der Waals surface area contributed by atoms with Crippen molar-refractivity contribution in [2.24, 2.45) is 29.6 Å². The highest BCUT2D eigenvalue weighted by molar-refractivity contribution is 5.96. The highest BCUT2D eigenvalue weighted by atomic mass is 16.5. The van der Waals surface area contributed by atoms with Crippen molar-refractivity contribution in [3.05, 3.63) is 12.2 Å². The van der Waals surface area contributed by atoms with Crippen LogP contribution in [0.1, 0.15) is 60.8 Å². The highest BCUT2D eigenvalue weighted by Gasteiger charge is 2.58. The second-order valence-corrected chi connectivity index (χ2v) is 9.48. The van der Waals surface area contributed by atoms with E-state index in [9.17, 15) is 19.5 Å². The Balaban J connectivity index is 2.47. The summed E-state index contributed by atoms with van der Waals surface area (Å²) in [6, 6.07) is -1.23. The first kappa shape index (κ1) is 25.4. The highest BCUT2D eigenvalue weighted by Crippen LogP contribution is 2.45. The van der Waals surface area contributed by atoms with Crippen molar-refractivity contribution in [1.29, 1.82) is 0 Å². The molecule has 1 heterocycles. The minimum atomic E-state index is -0.742. The first-order valence-electron chi connectivity index (χ1n) is 11.8. The van der Waals surface area contributed by atoms with Crippen molar-refractivity contribution in [3.63, 3.8) is 0 Å². The smallest absolute Gasteiger partial charge is 0.310 e. The van der Waals surface area contributed by atoms with Crippen LogP contribution in [0.4, 0.5) is 0 Å². The molecule has 2 aliphatic rings. The molecule has 7 nitrogen and oxygen atoms in total. The molecule has 176 valence electrons. The zero-order chi connectivity index (χ0) is 23.3. The maximum absolute atomic E-state index is 13.7. The molecule has 1 saturated heterocycles. The first-order chi connectivity index (χ1) is 14.7. The average molecular weight is 437 g/mol. The summed E-state index contributed by atoms with van der Waals surface area (Å²) in [5.74, 6) is -2.48. The van der Waals surface area contributed by atoms with Gasteiger partial charge < -0.3 is 20.1 Å². The van der Waals surface area contributed by atoms with Crippen molar-refractivity contribution in [1.82, 2.24) is 10.2 Å². The zero-order valence-corrected chi connectivity index (χ0v) is 19.8. The number of amides is 2. The van der Waals surface area contributed by atoms with E-state index >= 15 is 0 Å². The lowest BCUT2D eigenvalue weighted by Gasteiger charge is -2.34. The van der Waals surface area contributed by atoms with Crippen molar-refractivity contribution < 1.29 is 24.2 Å². The van der Waals surface area contributed by atoms with Crippen LogP contribution in [0.3, 0.4) is 0 Å². The Morgan fingerprint density at radius 1 is 1.23 bits per heavy atom. The number of fused-ring (bicyclic) bond motifs is 1. The number of aliphatic hydroxyl groups is 1. The van der Waals surface area contributed by atoms with Crippen molar-refractivity contribution in [2.75, 3.05) is 13.2 Å². The van der Waals surface area contributed by atoms with Gasteiger partial charge in [-0.05, 0) is 38.5 Å². The maximum atomic E-state index is 13.7. The Bertz CT molecular complexity index is 677. The van der Waals surface area contributed by atoms with Gasteiger partial charge in [-0.25, -0.2) is 0 Å². The van der Waals surface area contributed by atoms with Crippen LogP contribution >= 0.6 is 0 Å². The SMILES string of the molecule is CCCC(C)NC(=O)[C@@H]1[C@H]2C=C[C@@H](C)[C@@H](C(=O)OCC)[C@H]2C(=O)N1[C@@H](CO)CC(C)C. The molecule has 0 saturated carbocycles. The topological polar surface area (TPSA) is 95.9 Å². The van der Waals surface area contributed by atoms with Crippen LogP contribution < -0.4 is 5.32 Å². The Hall–Kier alpha value is -1.89. The fourth-order valence-electron chi connectivity index (χ4n) is 5.19. The van der Waals surface area contributed by atoms with E-state index in [2.05, 4.69) is 12.2 Å². The van der Waals surface area contributed by atoms with Crippen LogP contribution in [-0.2, 0) is 19.1 Å². The second-order valence-electron chi connectivity index (χ2n) is 9.48. The Morgan fingerprint density at radius 2 is 1.90 bits per heavy atom. The summed E-state index contributed by atoms with van der Waals surface area (Å²) in [5, 5.41) is 13.2. The predicted molar refractivity (Wildman–Crippen MR) is 119 cm³/mol. The largest absolute Gasteiger partial charge is 0.466 e. The molecule has 1 fully saturated rings. The number of likely N-dealkylation sites (tertiary alicyclic amines) is 1. The van der Waals surface area contributed by atoms with E-state index < -0.39 is 35.8 Å². The molecule has 0 radical (unpaired) electrons. The number of aliphatic hydroxyl groups excluding tert-OH is 1. The van der Waals surface area contributed by atoms with Gasteiger partial charge in [0.25, 0.3) is 0 Å². The number of esters is 1. The molecule has 0 spiro atoms.